The number of hydrogen-bond acceptors (Lipinski definition) is 3. The van der Waals surface area contributed by atoms with Crippen molar-refractivity contribution in [1.82, 2.24) is 0 Å². The molecule has 0 aliphatic rings. The minimum atomic E-state index is -3.57. The van der Waals surface area contributed by atoms with E-state index in [2.05, 4.69) is 6.92 Å². The Kier molecular flexibility index (Phi) is 13.8. The first-order chi connectivity index (χ1) is 10.7. The van der Waals surface area contributed by atoms with Crippen LogP contribution in [0, 0.1) is 0 Å². The van der Waals surface area contributed by atoms with Crippen molar-refractivity contribution in [3.05, 3.63) is 30.3 Å². The molecule has 0 spiro atoms. The third-order valence-electron chi connectivity index (χ3n) is 3.77. The second-order valence-electron chi connectivity index (χ2n) is 5.77. The Morgan fingerprint density at radius 2 is 1.26 bits per heavy atom. The predicted octanol–water partition coefficient (Wildman–Crippen LogP) is 5.31. The van der Waals surface area contributed by atoms with E-state index in [4.69, 9.17) is 4.18 Å². The topological polar surface area (TPSA) is 43.4 Å². The molecule has 0 fully saturated rings. The third kappa shape index (κ3) is 10.9. The van der Waals surface area contributed by atoms with Crippen LogP contribution in [-0.4, -0.2) is 15.0 Å². The van der Waals surface area contributed by atoms with Crippen molar-refractivity contribution in [3.63, 3.8) is 0 Å². The fourth-order valence-electron chi connectivity index (χ4n) is 2.41. The zero-order valence-electron chi connectivity index (χ0n) is 14.2. The van der Waals surface area contributed by atoms with Crippen LogP contribution in [0.2, 0.25) is 0 Å². The van der Waals surface area contributed by atoms with E-state index in [1.807, 2.05) is 0 Å². The van der Waals surface area contributed by atoms with Gasteiger partial charge in [-0.15, -0.1) is 0 Å². The summed E-state index contributed by atoms with van der Waals surface area (Å²) in [6.07, 6.45) is 12.3. The molecule has 3 nitrogen and oxygen atoms in total. The Morgan fingerprint density at radius 3 is 1.78 bits per heavy atom. The summed E-state index contributed by atoms with van der Waals surface area (Å²) in [5.74, 6) is 0. The average molecular weight is 381 g/mol. The molecular weight excluding hydrogens is 351 g/mol. The van der Waals surface area contributed by atoms with Crippen molar-refractivity contribution in [2.45, 2.75) is 76.0 Å². The van der Waals surface area contributed by atoms with Gasteiger partial charge in [0, 0.05) is 17.1 Å². The molecule has 0 atom stereocenters. The largest absolute Gasteiger partial charge is 0.296 e. The Bertz CT molecular complexity index is 474. The van der Waals surface area contributed by atoms with Gasteiger partial charge in [-0.2, -0.15) is 8.42 Å². The molecule has 1 aromatic rings. The van der Waals surface area contributed by atoms with Gasteiger partial charge in [0.1, 0.15) is 0 Å². The van der Waals surface area contributed by atoms with Crippen LogP contribution in [0.3, 0.4) is 0 Å². The summed E-state index contributed by atoms with van der Waals surface area (Å²) in [4.78, 5) is 0.238. The Morgan fingerprint density at radius 1 is 0.783 bits per heavy atom. The van der Waals surface area contributed by atoms with Crippen molar-refractivity contribution in [1.29, 1.82) is 0 Å². The molecule has 5 heteroatoms. The summed E-state index contributed by atoms with van der Waals surface area (Å²) in [5, 5.41) is 0. The van der Waals surface area contributed by atoms with E-state index >= 15 is 0 Å². The SMILES string of the molecule is CCCCCCCCCCCCOS(=O)(=O)c1ccccc1.[Mn]. The van der Waals surface area contributed by atoms with Gasteiger partial charge < -0.3 is 0 Å². The summed E-state index contributed by atoms with van der Waals surface area (Å²) in [5.41, 5.74) is 0. The zero-order valence-corrected chi connectivity index (χ0v) is 16.2. The maximum absolute atomic E-state index is 11.9. The third-order valence-corrected chi connectivity index (χ3v) is 5.09. The molecule has 133 valence electrons. The normalized spacial score (nSPS) is 11.2. The van der Waals surface area contributed by atoms with Gasteiger partial charge in [0.2, 0.25) is 0 Å². The van der Waals surface area contributed by atoms with E-state index in [0.717, 1.165) is 12.8 Å². The van der Waals surface area contributed by atoms with Gasteiger partial charge >= 0.3 is 0 Å². The van der Waals surface area contributed by atoms with Gasteiger partial charge in [0.15, 0.2) is 0 Å². The van der Waals surface area contributed by atoms with Crippen LogP contribution in [0.15, 0.2) is 35.2 Å². The molecule has 0 heterocycles. The molecule has 23 heavy (non-hydrogen) atoms. The van der Waals surface area contributed by atoms with Crippen LogP contribution in [-0.2, 0) is 31.4 Å². The van der Waals surface area contributed by atoms with E-state index in [9.17, 15) is 8.42 Å². The zero-order chi connectivity index (χ0) is 16.1. The van der Waals surface area contributed by atoms with E-state index in [0.29, 0.717) is 0 Å². The van der Waals surface area contributed by atoms with Crippen LogP contribution in [0.5, 0.6) is 0 Å². The van der Waals surface area contributed by atoms with Gasteiger partial charge in [-0.25, -0.2) is 0 Å². The van der Waals surface area contributed by atoms with Crippen LogP contribution in [0.1, 0.15) is 71.1 Å². The van der Waals surface area contributed by atoms with E-state index in [-0.39, 0.29) is 28.6 Å². The Labute approximate surface area is 152 Å². The predicted molar refractivity (Wildman–Crippen MR) is 91.4 cm³/mol. The maximum atomic E-state index is 11.9. The van der Waals surface area contributed by atoms with Gasteiger partial charge in [0.05, 0.1) is 11.5 Å². The molecule has 0 bridgehead atoms. The molecule has 1 aromatic carbocycles. The molecule has 0 aromatic heterocycles. The Hall–Kier alpha value is -0.351. The Balaban J connectivity index is 0.00000484. The molecule has 0 amide bonds. The van der Waals surface area contributed by atoms with Crippen molar-refractivity contribution in [2.24, 2.45) is 0 Å². The summed E-state index contributed by atoms with van der Waals surface area (Å²) in [6.45, 7) is 2.52. The van der Waals surface area contributed by atoms with Gasteiger partial charge in [-0.3, -0.25) is 4.18 Å². The summed E-state index contributed by atoms with van der Waals surface area (Å²) < 4.78 is 28.8. The maximum Gasteiger partial charge on any atom is 0.296 e. The first kappa shape index (κ1) is 22.6. The van der Waals surface area contributed by atoms with Crippen LogP contribution in [0.4, 0.5) is 0 Å². The number of unbranched alkanes of at least 4 members (excludes halogenated alkanes) is 9. The van der Waals surface area contributed by atoms with Gasteiger partial charge in [0.25, 0.3) is 10.1 Å². The molecule has 1 rings (SSSR count). The summed E-state index contributed by atoms with van der Waals surface area (Å²) in [6, 6.07) is 8.33. The second kappa shape index (κ2) is 14.0. The fourth-order valence-corrected chi connectivity index (χ4v) is 3.38. The summed E-state index contributed by atoms with van der Waals surface area (Å²) in [7, 11) is -3.57. The quantitative estimate of drug-likeness (QED) is 0.264. The van der Waals surface area contributed by atoms with Gasteiger partial charge in [-0.05, 0) is 18.6 Å². The molecule has 0 N–H and O–H groups in total. The van der Waals surface area contributed by atoms with E-state index in [1.54, 1.807) is 30.3 Å². The van der Waals surface area contributed by atoms with Crippen LogP contribution >= 0.6 is 0 Å². The van der Waals surface area contributed by atoms with Crippen molar-refractivity contribution in [3.8, 4) is 0 Å². The van der Waals surface area contributed by atoms with Crippen molar-refractivity contribution < 1.29 is 29.7 Å². The van der Waals surface area contributed by atoms with Crippen LogP contribution in [0.25, 0.3) is 0 Å². The molecular formula is C18H30MnO3S. The fraction of sp³-hybridized carbons (Fsp3) is 0.667. The van der Waals surface area contributed by atoms with Crippen LogP contribution < -0.4 is 0 Å². The molecule has 0 unspecified atom stereocenters. The van der Waals surface area contributed by atoms with Gasteiger partial charge in [-0.1, -0.05) is 82.9 Å². The molecule has 0 aliphatic heterocycles. The number of rotatable bonds is 13. The number of benzene rings is 1. The molecule has 0 aliphatic carbocycles. The molecule has 0 saturated carbocycles. The average Bonchev–Trinajstić information content (AvgIpc) is 2.53. The van der Waals surface area contributed by atoms with E-state index in [1.165, 1.54) is 51.4 Å². The summed E-state index contributed by atoms with van der Waals surface area (Å²) >= 11 is 0. The van der Waals surface area contributed by atoms with Crippen molar-refractivity contribution in [2.75, 3.05) is 6.61 Å². The first-order valence-electron chi connectivity index (χ1n) is 8.61. The van der Waals surface area contributed by atoms with Crippen molar-refractivity contribution >= 4 is 10.1 Å². The minimum absolute atomic E-state index is 0. The first-order valence-corrected chi connectivity index (χ1v) is 10.0. The smallest absolute Gasteiger partial charge is 0.266 e. The second-order valence-corrected chi connectivity index (χ2v) is 7.39. The molecule has 0 saturated heterocycles. The van der Waals surface area contributed by atoms with E-state index < -0.39 is 10.1 Å². The number of hydrogen-bond donors (Lipinski definition) is 0. The minimum Gasteiger partial charge on any atom is -0.266 e. The molecule has 1 radical (unpaired) electrons. The standard InChI is InChI=1S/C18H30O3S.Mn/c1-2-3-4-5-6-7-8-9-10-14-17-21-22(19,20)18-15-12-11-13-16-18;/h11-13,15-16H,2-10,14,17H2,1H3;. The monoisotopic (exact) mass is 381 g/mol.